The van der Waals surface area contributed by atoms with Gasteiger partial charge in [0.15, 0.2) is 0 Å². The fraction of sp³-hybridized carbons (Fsp3) is 0.444. The monoisotopic (exact) mass is 363 g/mol. The van der Waals surface area contributed by atoms with Crippen LogP contribution in [0.3, 0.4) is 0 Å². The number of amides is 1. The van der Waals surface area contributed by atoms with Crippen molar-refractivity contribution in [2.24, 2.45) is 4.99 Å². The van der Waals surface area contributed by atoms with Crippen LogP contribution in [0.4, 0.5) is 0 Å². The van der Waals surface area contributed by atoms with E-state index in [4.69, 9.17) is 0 Å². The summed E-state index contributed by atoms with van der Waals surface area (Å²) in [6, 6.07) is 5.61. The van der Waals surface area contributed by atoms with Gasteiger partial charge in [-0.25, -0.2) is 8.42 Å². The molecule has 0 aromatic heterocycles. The van der Waals surface area contributed by atoms with Crippen molar-refractivity contribution in [2.45, 2.75) is 47.1 Å². The van der Waals surface area contributed by atoms with Crippen molar-refractivity contribution in [2.75, 3.05) is 6.54 Å². The molecule has 1 aliphatic rings. The minimum atomic E-state index is -3.68. The van der Waals surface area contributed by atoms with Crippen molar-refractivity contribution in [3.63, 3.8) is 0 Å². The summed E-state index contributed by atoms with van der Waals surface area (Å²) in [5, 5.41) is 2.81. The summed E-state index contributed by atoms with van der Waals surface area (Å²) >= 11 is 0. The van der Waals surface area contributed by atoms with Gasteiger partial charge < -0.3 is 5.32 Å². The number of nitrogens with zero attached hydrogens (tertiary/aromatic N) is 1. The Morgan fingerprint density at radius 3 is 2.52 bits per heavy atom. The Kier molecular flexibility index (Phi) is 5.67. The maximum atomic E-state index is 12.5. The molecular weight excluding hydrogens is 338 g/mol. The number of carbonyl (C=O) groups is 1. The lowest BCUT2D eigenvalue weighted by Crippen LogP contribution is -2.34. The van der Waals surface area contributed by atoms with Crippen LogP contribution in [-0.2, 0) is 14.8 Å². The van der Waals surface area contributed by atoms with Crippen molar-refractivity contribution < 1.29 is 13.2 Å². The minimum absolute atomic E-state index is 0.0655. The second kappa shape index (κ2) is 7.39. The van der Waals surface area contributed by atoms with Gasteiger partial charge in [0.2, 0.25) is 5.91 Å². The lowest BCUT2D eigenvalue weighted by Gasteiger charge is -2.09. The molecule has 6 nitrogen and oxygen atoms in total. The summed E-state index contributed by atoms with van der Waals surface area (Å²) in [6.45, 7) is 9.40. The van der Waals surface area contributed by atoms with Crippen LogP contribution in [-0.4, -0.2) is 32.7 Å². The molecule has 2 N–H and O–H groups in total. The Balaban J connectivity index is 2.31. The summed E-state index contributed by atoms with van der Waals surface area (Å²) in [5.41, 5.74) is 3.27. The summed E-state index contributed by atoms with van der Waals surface area (Å²) in [5.74, 6) is 0.000933. The number of aryl methyl sites for hydroxylation is 2. The molecule has 1 unspecified atom stereocenters. The van der Waals surface area contributed by atoms with E-state index in [0.29, 0.717) is 11.1 Å². The van der Waals surface area contributed by atoms with Crippen LogP contribution in [0.15, 0.2) is 28.8 Å². The third-order valence-corrected chi connectivity index (χ3v) is 5.91. The van der Waals surface area contributed by atoms with Gasteiger partial charge in [0.25, 0.3) is 10.0 Å². The van der Waals surface area contributed by atoms with Gasteiger partial charge in [-0.2, -0.15) is 0 Å². The molecule has 1 atom stereocenters. The van der Waals surface area contributed by atoms with Gasteiger partial charge in [0.1, 0.15) is 17.3 Å². The fourth-order valence-corrected chi connectivity index (χ4v) is 4.05. The lowest BCUT2D eigenvalue weighted by molar-refractivity contribution is -0.120. The van der Waals surface area contributed by atoms with E-state index in [0.717, 1.165) is 17.5 Å². The van der Waals surface area contributed by atoms with Crippen molar-refractivity contribution >= 4 is 26.7 Å². The van der Waals surface area contributed by atoms with Gasteiger partial charge in [-0.05, 0) is 50.8 Å². The van der Waals surface area contributed by atoms with Crippen LogP contribution in [0.5, 0.6) is 0 Å². The van der Waals surface area contributed by atoms with E-state index in [1.165, 1.54) is 0 Å². The standard InChI is InChI=1S/C18H25N3O3S/c1-6-13(4)20-16(22)10-19-18-14(5)17(25(23,24)21-18)15-8-7-11(2)12(3)9-15/h7-9,13H,6,10H2,1-5H3,(H,19,21)(H,20,22). The van der Waals surface area contributed by atoms with Crippen LogP contribution in [0.25, 0.3) is 4.91 Å². The van der Waals surface area contributed by atoms with Crippen LogP contribution >= 0.6 is 0 Å². The van der Waals surface area contributed by atoms with Gasteiger partial charge in [-0.3, -0.25) is 14.5 Å². The van der Waals surface area contributed by atoms with Crippen molar-refractivity contribution in [1.82, 2.24) is 10.0 Å². The van der Waals surface area contributed by atoms with E-state index in [1.54, 1.807) is 13.0 Å². The summed E-state index contributed by atoms with van der Waals surface area (Å²) in [4.78, 5) is 16.2. The molecule has 0 saturated carbocycles. The van der Waals surface area contributed by atoms with Crippen LogP contribution < -0.4 is 10.0 Å². The number of benzene rings is 1. The Bertz CT molecular complexity index is 854. The predicted molar refractivity (Wildman–Crippen MR) is 101 cm³/mol. The highest BCUT2D eigenvalue weighted by Crippen LogP contribution is 2.30. The molecule has 1 aromatic carbocycles. The van der Waals surface area contributed by atoms with E-state index in [-0.39, 0.29) is 29.2 Å². The number of rotatable bonds is 5. The molecule has 136 valence electrons. The Labute approximate surface area is 149 Å². The molecule has 0 bridgehead atoms. The first kappa shape index (κ1) is 19.2. The van der Waals surface area contributed by atoms with E-state index < -0.39 is 10.0 Å². The molecule has 2 rings (SSSR count). The molecule has 0 fully saturated rings. The molecule has 7 heteroatoms. The van der Waals surface area contributed by atoms with Gasteiger partial charge >= 0.3 is 0 Å². The van der Waals surface area contributed by atoms with Gasteiger partial charge in [-0.1, -0.05) is 25.1 Å². The topological polar surface area (TPSA) is 87.6 Å². The van der Waals surface area contributed by atoms with Crippen LogP contribution in [0.1, 0.15) is 43.9 Å². The Morgan fingerprint density at radius 1 is 1.24 bits per heavy atom. The maximum Gasteiger partial charge on any atom is 0.264 e. The first-order valence-corrected chi connectivity index (χ1v) is 9.79. The van der Waals surface area contributed by atoms with Gasteiger partial charge in [-0.15, -0.1) is 0 Å². The number of hydrogen-bond acceptors (Lipinski definition) is 4. The Morgan fingerprint density at radius 2 is 1.92 bits per heavy atom. The van der Waals surface area contributed by atoms with E-state index >= 15 is 0 Å². The molecule has 1 aliphatic heterocycles. The SMILES string of the molecule is CCC(C)NC(=O)CN=C1NS(=O)(=O)C(c2ccc(C)c(C)c2)=C1C. The number of sulfonamides is 1. The zero-order valence-corrected chi connectivity index (χ0v) is 16.1. The third kappa shape index (κ3) is 4.28. The van der Waals surface area contributed by atoms with E-state index in [9.17, 15) is 13.2 Å². The first-order valence-electron chi connectivity index (χ1n) is 8.31. The zero-order valence-electron chi connectivity index (χ0n) is 15.3. The second-order valence-electron chi connectivity index (χ2n) is 6.40. The largest absolute Gasteiger partial charge is 0.352 e. The second-order valence-corrected chi connectivity index (χ2v) is 8.02. The molecule has 0 aliphatic carbocycles. The van der Waals surface area contributed by atoms with Gasteiger partial charge in [0.05, 0.1) is 0 Å². The molecule has 1 heterocycles. The number of carbonyl (C=O) groups excluding carboxylic acids is 1. The summed E-state index contributed by atoms with van der Waals surface area (Å²) in [7, 11) is -3.68. The van der Waals surface area contributed by atoms with Crippen LogP contribution in [0.2, 0.25) is 0 Å². The fourth-order valence-electron chi connectivity index (χ4n) is 2.54. The predicted octanol–water partition coefficient (Wildman–Crippen LogP) is 2.28. The molecule has 1 aromatic rings. The normalized spacial score (nSPS) is 19.0. The summed E-state index contributed by atoms with van der Waals surface area (Å²) in [6.07, 6.45) is 0.824. The number of hydrogen-bond donors (Lipinski definition) is 2. The van der Waals surface area contributed by atoms with Crippen molar-refractivity contribution in [1.29, 1.82) is 0 Å². The molecule has 0 spiro atoms. The number of aliphatic imine (C=N–C) groups is 1. The lowest BCUT2D eigenvalue weighted by atomic mass is 10.0. The minimum Gasteiger partial charge on any atom is -0.352 e. The molecule has 25 heavy (non-hydrogen) atoms. The molecule has 0 radical (unpaired) electrons. The van der Waals surface area contributed by atoms with Crippen LogP contribution in [0, 0.1) is 13.8 Å². The Hall–Kier alpha value is -2.15. The van der Waals surface area contributed by atoms with E-state index in [1.807, 2.05) is 39.8 Å². The number of nitrogens with one attached hydrogen (secondary N) is 2. The highest BCUT2D eigenvalue weighted by Gasteiger charge is 2.32. The quantitative estimate of drug-likeness (QED) is 0.841. The van der Waals surface area contributed by atoms with Gasteiger partial charge in [0, 0.05) is 11.6 Å². The van der Waals surface area contributed by atoms with Crippen molar-refractivity contribution in [3.8, 4) is 0 Å². The number of amidine groups is 1. The van der Waals surface area contributed by atoms with Crippen molar-refractivity contribution in [3.05, 3.63) is 40.5 Å². The van der Waals surface area contributed by atoms with E-state index in [2.05, 4.69) is 15.0 Å². The highest BCUT2D eigenvalue weighted by molar-refractivity contribution is 8.00. The third-order valence-electron chi connectivity index (χ3n) is 4.37. The highest BCUT2D eigenvalue weighted by atomic mass is 32.2. The first-order chi connectivity index (χ1) is 11.7. The molecule has 0 saturated heterocycles. The maximum absolute atomic E-state index is 12.5. The molecule has 1 amide bonds. The average Bonchev–Trinajstić information content (AvgIpc) is 2.77. The smallest absolute Gasteiger partial charge is 0.264 e. The molecular formula is C18H25N3O3S. The zero-order chi connectivity index (χ0) is 18.8. The average molecular weight is 363 g/mol. The summed E-state index contributed by atoms with van der Waals surface area (Å²) < 4.78 is 27.4.